The summed E-state index contributed by atoms with van der Waals surface area (Å²) in [6, 6.07) is 0. The lowest BCUT2D eigenvalue weighted by atomic mass is 9.64. The zero-order valence-electron chi connectivity index (χ0n) is 13.6. The Hall–Kier alpha value is -0.930. The molecule has 4 aliphatic rings. The Morgan fingerprint density at radius 2 is 2.00 bits per heavy atom. The molecule has 2 saturated carbocycles. The lowest BCUT2D eigenvalue weighted by molar-refractivity contribution is -0.138. The van der Waals surface area contributed by atoms with Gasteiger partial charge in [-0.15, -0.1) is 0 Å². The third-order valence-electron chi connectivity index (χ3n) is 7.10. The normalized spacial score (nSPS) is 53.0. The number of ketones is 1. The summed E-state index contributed by atoms with van der Waals surface area (Å²) in [5.74, 6) is 3.22. The predicted molar refractivity (Wildman–Crippen MR) is 83.9 cm³/mol. The minimum absolute atomic E-state index is 0.0509. The molecule has 0 amide bonds. The molecule has 0 aromatic carbocycles. The first kappa shape index (κ1) is 14.6. The van der Waals surface area contributed by atoms with E-state index >= 15 is 0 Å². The smallest absolute Gasteiger partial charge is 0.190 e. The van der Waals surface area contributed by atoms with E-state index in [4.69, 9.17) is 0 Å². The van der Waals surface area contributed by atoms with Gasteiger partial charge in [0, 0.05) is 12.3 Å². The first-order chi connectivity index (χ1) is 10.4. The standard InChI is InChI=1S/C19H26O3/c1-9-4-13-11(3)17(13)14-6-12(8-20)7-19(22)15(16(9)14)5-10(2)18(19)21/h5-6,9,11,13-17,20,22H,4,7-8H2,1-3H3/t9-,11?,13?,14?,15?,16?,17?,19?/m1/s1. The maximum atomic E-state index is 12.6. The van der Waals surface area contributed by atoms with Crippen molar-refractivity contribution in [2.75, 3.05) is 6.61 Å². The number of rotatable bonds is 1. The summed E-state index contributed by atoms with van der Waals surface area (Å²) < 4.78 is 0. The Morgan fingerprint density at radius 1 is 1.27 bits per heavy atom. The molecular weight excluding hydrogens is 276 g/mol. The Bertz CT molecular complexity index is 589. The van der Waals surface area contributed by atoms with E-state index in [1.165, 1.54) is 6.42 Å². The fourth-order valence-electron chi connectivity index (χ4n) is 6.01. The zero-order valence-corrected chi connectivity index (χ0v) is 13.6. The molecule has 4 aliphatic carbocycles. The number of aliphatic hydroxyl groups excluding tert-OH is 1. The van der Waals surface area contributed by atoms with Crippen LogP contribution in [0.2, 0.25) is 0 Å². The molecule has 0 spiro atoms. The number of hydrogen-bond donors (Lipinski definition) is 2. The van der Waals surface area contributed by atoms with Crippen LogP contribution in [0, 0.1) is 41.4 Å². The summed E-state index contributed by atoms with van der Waals surface area (Å²) in [5.41, 5.74) is 0.226. The number of allylic oxidation sites excluding steroid dienone is 1. The maximum Gasteiger partial charge on any atom is 0.190 e. The molecule has 0 aliphatic heterocycles. The molecular formula is C19H26O3. The average Bonchev–Trinajstić information content (AvgIpc) is 3.09. The van der Waals surface area contributed by atoms with Gasteiger partial charge in [-0.3, -0.25) is 4.79 Å². The van der Waals surface area contributed by atoms with Crippen molar-refractivity contribution in [3.8, 4) is 0 Å². The van der Waals surface area contributed by atoms with Crippen LogP contribution in [0.4, 0.5) is 0 Å². The van der Waals surface area contributed by atoms with Crippen LogP contribution in [0.15, 0.2) is 23.3 Å². The Labute approximate surface area is 132 Å². The van der Waals surface area contributed by atoms with Crippen LogP contribution < -0.4 is 0 Å². The number of fused-ring (bicyclic) bond motifs is 5. The van der Waals surface area contributed by atoms with Gasteiger partial charge >= 0.3 is 0 Å². The van der Waals surface area contributed by atoms with Crippen molar-refractivity contribution in [1.82, 2.24) is 0 Å². The molecule has 7 unspecified atom stereocenters. The molecule has 0 bridgehead atoms. The molecule has 2 N–H and O–H groups in total. The SMILES string of the molecule is CC1=CC2C3C(C=C(CO)CC2(O)C1=O)C1C(C)C1C[C@H]3C. The van der Waals surface area contributed by atoms with Crippen LogP contribution >= 0.6 is 0 Å². The van der Waals surface area contributed by atoms with E-state index in [0.717, 1.165) is 17.4 Å². The summed E-state index contributed by atoms with van der Waals surface area (Å²) >= 11 is 0. The van der Waals surface area contributed by atoms with Crippen LogP contribution in [0.3, 0.4) is 0 Å². The quantitative estimate of drug-likeness (QED) is 0.731. The molecule has 3 heteroatoms. The van der Waals surface area contributed by atoms with E-state index < -0.39 is 5.60 Å². The van der Waals surface area contributed by atoms with Crippen molar-refractivity contribution in [3.63, 3.8) is 0 Å². The molecule has 3 nitrogen and oxygen atoms in total. The topological polar surface area (TPSA) is 57.5 Å². The van der Waals surface area contributed by atoms with Crippen molar-refractivity contribution in [1.29, 1.82) is 0 Å². The first-order valence-corrected chi connectivity index (χ1v) is 8.64. The fourth-order valence-corrected chi connectivity index (χ4v) is 6.01. The monoisotopic (exact) mass is 302 g/mol. The van der Waals surface area contributed by atoms with Gasteiger partial charge in [-0.25, -0.2) is 0 Å². The van der Waals surface area contributed by atoms with Crippen LogP contribution in [0.25, 0.3) is 0 Å². The highest BCUT2D eigenvalue weighted by Gasteiger charge is 2.63. The van der Waals surface area contributed by atoms with E-state index in [1.54, 1.807) is 0 Å². The highest BCUT2D eigenvalue weighted by molar-refractivity contribution is 6.04. The van der Waals surface area contributed by atoms with E-state index in [-0.39, 0.29) is 18.3 Å². The molecule has 120 valence electrons. The van der Waals surface area contributed by atoms with Gasteiger partial charge in [0.2, 0.25) is 0 Å². The highest BCUT2D eigenvalue weighted by atomic mass is 16.3. The number of carbonyl (C=O) groups is 1. The Morgan fingerprint density at radius 3 is 2.68 bits per heavy atom. The van der Waals surface area contributed by atoms with Gasteiger partial charge < -0.3 is 10.2 Å². The van der Waals surface area contributed by atoms with Crippen molar-refractivity contribution in [2.24, 2.45) is 41.4 Å². The Balaban J connectivity index is 1.82. The number of hydrogen-bond acceptors (Lipinski definition) is 3. The van der Waals surface area contributed by atoms with Crippen LogP contribution in [-0.2, 0) is 4.79 Å². The summed E-state index contributed by atoms with van der Waals surface area (Å²) in [6.45, 7) is 6.38. The third-order valence-corrected chi connectivity index (χ3v) is 7.10. The largest absolute Gasteiger partial charge is 0.392 e. The van der Waals surface area contributed by atoms with Crippen LogP contribution in [0.5, 0.6) is 0 Å². The molecule has 8 atom stereocenters. The number of carbonyl (C=O) groups excluding carboxylic acids is 1. The van der Waals surface area contributed by atoms with Crippen molar-refractivity contribution < 1.29 is 15.0 Å². The van der Waals surface area contributed by atoms with Crippen molar-refractivity contribution in [3.05, 3.63) is 23.3 Å². The van der Waals surface area contributed by atoms with Gasteiger partial charge in [-0.05, 0) is 60.0 Å². The van der Waals surface area contributed by atoms with Gasteiger partial charge in [0.15, 0.2) is 5.78 Å². The second kappa shape index (κ2) is 4.55. The molecule has 0 saturated heterocycles. The molecule has 2 fully saturated rings. The average molecular weight is 302 g/mol. The van der Waals surface area contributed by atoms with E-state index in [2.05, 4.69) is 19.9 Å². The lowest BCUT2D eigenvalue weighted by Gasteiger charge is -2.41. The molecule has 0 aromatic heterocycles. The summed E-state index contributed by atoms with van der Waals surface area (Å²) in [7, 11) is 0. The second-order valence-corrected chi connectivity index (χ2v) is 8.26. The van der Waals surface area contributed by atoms with Gasteiger partial charge in [-0.1, -0.05) is 26.0 Å². The fraction of sp³-hybridized carbons (Fsp3) is 0.737. The zero-order chi connectivity index (χ0) is 15.8. The summed E-state index contributed by atoms with van der Waals surface area (Å²) in [4.78, 5) is 12.6. The van der Waals surface area contributed by atoms with Crippen molar-refractivity contribution >= 4 is 5.78 Å². The predicted octanol–water partition coefficient (Wildman–Crippen LogP) is 2.34. The highest BCUT2D eigenvalue weighted by Crippen LogP contribution is 2.65. The summed E-state index contributed by atoms with van der Waals surface area (Å²) in [5, 5.41) is 20.9. The van der Waals surface area contributed by atoms with Gasteiger partial charge in [0.25, 0.3) is 0 Å². The molecule has 0 aromatic rings. The second-order valence-electron chi connectivity index (χ2n) is 8.26. The third kappa shape index (κ3) is 1.73. The van der Waals surface area contributed by atoms with E-state index in [9.17, 15) is 15.0 Å². The van der Waals surface area contributed by atoms with E-state index in [0.29, 0.717) is 35.7 Å². The van der Waals surface area contributed by atoms with Crippen molar-refractivity contribution in [2.45, 2.75) is 39.2 Å². The maximum absolute atomic E-state index is 12.6. The van der Waals surface area contributed by atoms with Gasteiger partial charge in [0.1, 0.15) is 5.60 Å². The number of Topliss-reactive ketones (excluding diaryl/α,β-unsaturated/α-hetero) is 1. The van der Waals surface area contributed by atoms with E-state index in [1.807, 2.05) is 13.0 Å². The lowest BCUT2D eigenvalue weighted by Crippen LogP contribution is -2.47. The molecule has 22 heavy (non-hydrogen) atoms. The van der Waals surface area contributed by atoms with Gasteiger partial charge in [0.05, 0.1) is 6.61 Å². The Kier molecular flexibility index (Phi) is 3.03. The van der Waals surface area contributed by atoms with Crippen LogP contribution in [0.1, 0.15) is 33.6 Å². The molecule has 0 heterocycles. The van der Waals surface area contributed by atoms with Gasteiger partial charge in [-0.2, -0.15) is 0 Å². The number of aliphatic hydroxyl groups is 2. The molecule has 0 radical (unpaired) electrons. The minimum atomic E-state index is -1.32. The summed E-state index contributed by atoms with van der Waals surface area (Å²) in [6.07, 6.45) is 5.75. The van der Waals surface area contributed by atoms with Crippen LogP contribution in [-0.4, -0.2) is 28.2 Å². The minimum Gasteiger partial charge on any atom is -0.392 e. The first-order valence-electron chi connectivity index (χ1n) is 8.64. The molecule has 4 rings (SSSR count).